The molecule has 0 bridgehead atoms. The first-order valence-electron chi connectivity index (χ1n) is 5.42. The molecule has 0 atom stereocenters. The minimum absolute atomic E-state index is 0.418. The SMILES string of the molecule is CC(C)c1nc(SC2CCOCC2)n[nH]1. The van der Waals surface area contributed by atoms with Crippen molar-refractivity contribution in [2.75, 3.05) is 13.2 Å². The van der Waals surface area contributed by atoms with Crippen LogP contribution in [0.25, 0.3) is 0 Å². The molecule has 5 heteroatoms. The van der Waals surface area contributed by atoms with Crippen molar-refractivity contribution in [1.29, 1.82) is 0 Å². The molecule has 0 aliphatic carbocycles. The molecular formula is C10H17N3OS. The van der Waals surface area contributed by atoms with Gasteiger partial charge in [0.2, 0.25) is 5.16 Å². The summed E-state index contributed by atoms with van der Waals surface area (Å²) in [5.41, 5.74) is 0. The van der Waals surface area contributed by atoms with E-state index < -0.39 is 0 Å². The molecule has 0 saturated carbocycles. The number of nitrogens with one attached hydrogen (secondary N) is 1. The van der Waals surface area contributed by atoms with E-state index in [9.17, 15) is 0 Å². The van der Waals surface area contributed by atoms with Gasteiger partial charge in [-0.3, -0.25) is 5.10 Å². The van der Waals surface area contributed by atoms with Gasteiger partial charge in [-0.25, -0.2) is 4.98 Å². The number of H-pyrrole nitrogens is 1. The smallest absolute Gasteiger partial charge is 0.208 e. The first-order chi connectivity index (χ1) is 7.25. The van der Waals surface area contributed by atoms with Crippen molar-refractivity contribution in [1.82, 2.24) is 15.2 Å². The Morgan fingerprint density at radius 3 is 2.73 bits per heavy atom. The highest BCUT2D eigenvalue weighted by atomic mass is 32.2. The maximum absolute atomic E-state index is 5.32. The molecule has 1 fully saturated rings. The standard InChI is InChI=1S/C10H17N3OS/c1-7(2)9-11-10(13-12-9)15-8-3-5-14-6-4-8/h7-8H,3-6H2,1-2H3,(H,11,12,13). The summed E-state index contributed by atoms with van der Waals surface area (Å²) in [5.74, 6) is 1.39. The van der Waals surface area contributed by atoms with Crippen LogP contribution in [0.2, 0.25) is 0 Å². The fourth-order valence-corrected chi connectivity index (χ4v) is 2.49. The molecule has 84 valence electrons. The van der Waals surface area contributed by atoms with Gasteiger partial charge in [-0.2, -0.15) is 0 Å². The molecule has 0 amide bonds. The fraction of sp³-hybridized carbons (Fsp3) is 0.800. The summed E-state index contributed by atoms with van der Waals surface area (Å²) < 4.78 is 5.32. The predicted octanol–water partition coefficient (Wildman–Crippen LogP) is 2.20. The van der Waals surface area contributed by atoms with E-state index in [2.05, 4.69) is 29.0 Å². The van der Waals surface area contributed by atoms with Gasteiger partial charge in [-0.1, -0.05) is 25.6 Å². The molecule has 2 rings (SSSR count). The zero-order chi connectivity index (χ0) is 10.7. The second-order valence-corrected chi connectivity index (χ2v) is 5.36. The summed E-state index contributed by atoms with van der Waals surface area (Å²) in [6.45, 7) is 5.98. The van der Waals surface area contributed by atoms with Crippen molar-refractivity contribution < 1.29 is 4.74 Å². The lowest BCUT2D eigenvalue weighted by Gasteiger charge is -2.19. The van der Waals surface area contributed by atoms with E-state index in [0.29, 0.717) is 11.2 Å². The van der Waals surface area contributed by atoms with E-state index in [-0.39, 0.29) is 0 Å². The van der Waals surface area contributed by atoms with Crippen molar-refractivity contribution >= 4 is 11.8 Å². The summed E-state index contributed by atoms with van der Waals surface area (Å²) in [6, 6.07) is 0. The zero-order valence-corrected chi connectivity index (χ0v) is 10.0. The molecule has 0 aromatic carbocycles. The average molecular weight is 227 g/mol. The molecule has 0 unspecified atom stereocenters. The average Bonchev–Trinajstić information content (AvgIpc) is 2.68. The fourth-order valence-electron chi connectivity index (χ4n) is 1.51. The van der Waals surface area contributed by atoms with Crippen LogP contribution in [0.1, 0.15) is 38.4 Å². The largest absolute Gasteiger partial charge is 0.381 e. The molecule has 15 heavy (non-hydrogen) atoms. The van der Waals surface area contributed by atoms with Gasteiger partial charge in [-0.15, -0.1) is 5.10 Å². The first kappa shape index (κ1) is 11.0. The van der Waals surface area contributed by atoms with Crippen molar-refractivity contribution in [3.63, 3.8) is 0 Å². The Hall–Kier alpha value is -0.550. The van der Waals surface area contributed by atoms with Crippen LogP contribution in [0.3, 0.4) is 0 Å². The maximum Gasteiger partial charge on any atom is 0.208 e. The Balaban J connectivity index is 1.91. The summed E-state index contributed by atoms with van der Waals surface area (Å²) in [5, 5.41) is 8.70. The lowest BCUT2D eigenvalue weighted by atomic mass is 10.2. The summed E-state index contributed by atoms with van der Waals surface area (Å²) >= 11 is 1.77. The second-order valence-electron chi connectivity index (χ2n) is 4.09. The minimum atomic E-state index is 0.418. The van der Waals surface area contributed by atoms with Crippen LogP contribution in [0.15, 0.2) is 5.16 Å². The van der Waals surface area contributed by atoms with E-state index >= 15 is 0 Å². The lowest BCUT2D eigenvalue weighted by Crippen LogP contribution is -2.17. The molecule has 4 nitrogen and oxygen atoms in total. The third-order valence-corrected chi connectivity index (χ3v) is 3.67. The van der Waals surface area contributed by atoms with Gasteiger partial charge in [0.25, 0.3) is 0 Å². The third-order valence-electron chi connectivity index (χ3n) is 2.47. The number of thioether (sulfide) groups is 1. The van der Waals surface area contributed by atoms with Crippen molar-refractivity contribution in [3.8, 4) is 0 Å². The Bertz CT molecular complexity index is 307. The number of aromatic nitrogens is 3. The van der Waals surface area contributed by atoms with E-state index in [4.69, 9.17) is 4.74 Å². The van der Waals surface area contributed by atoms with Crippen molar-refractivity contribution in [2.45, 2.75) is 43.0 Å². The highest BCUT2D eigenvalue weighted by Crippen LogP contribution is 2.27. The zero-order valence-electron chi connectivity index (χ0n) is 9.19. The number of aromatic amines is 1. The molecule has 1 N–H and O–H groups in total. The maximum atomic E-state index is 5.32. The van der Waals surface area contributed by atoms with E-state index in [1.54, 1.807) is 11.8 Å². The Kier molecular flexibility index (Phi) is 3.64. The van der Waals surface area contributed by atoms with Crippen LogP contribution in [-0.2, 0) is 4.74 Å². The van der Waals surface area contributed by atoms with Crippen LogP contribution in [-0.4, -0.2) is 33.6 Å². The quantitative estimate of drug-likeness (QED) is 0.860. The molecule has 0 spiro atoms. The number of ether oxygens (including phenoxy) is 1. The predicted molar refractivity (Wildman–Crippen MR) is 60.2 cm³/mol. The third kappa shape index (κ3) is 2.95. The van der Waals surface area contributed by atoms with Gasteiger partial charge in [0.1, 0.15) is 5.82 Å². The summed E-state index contributed by atoms with van der Waals surface area (Å²) in [4.78, 5) is 4.46. The highest BCUT2D eigenvalue weighted by molar-refractivity contribution is 7.99. The monoisotopic (exact) mass is 227 g/mol. The first-order valence-corrected chi connectivity index (χ1v) is 6.30. The lowest BCUT2D eigenvalue weighted by molar-refractivity contribution is 0.1000. The van der Waals surface area contributed by atoms with Crippen LogP contribution in [0.5, 0.6) is 0 Å². The Morgan fingerprint density at radius 2 is 2.13 bits per heavy atom. The van der Waals surface area contributed by atoms with Gasteiger partial charge >= 0.3 is 0 Å². The number of hydrogen-bond donors (Lipinski definition) is 1. The van der Waals surface area contributed by atoms with Crippen molar-refractivity contribution in [3.05, 3.63) is 5.82 Å². The van der Waals surface area contributed by atoms with E-state index in [1.165, 1.54) is 0 Å². The van der Waals surface area contributed by atoms with E-state index in [1.807, 2.05) is 0 Å². The van der Waals surface area contributed by atoms with Crippen LogP contribution in [0.4, 0.5) is 0 Å². The van der Waals surface area contributed by atoms with Gasteiger partial charge in [0.15, 0.2) is 0 Å². The molecule has 0 radical (unpaired) electrons. The van der Waals surface area contributed by atoms with Gasteiger partial charge < -0.3 is 4.74 Å². The molecule has 1 aliphatic heterocycles. The van der Waals surface area contributed by atoms with Gasteiger partial charge in [0.05, 0.1) is 0 Å². The molecule has 1 aromatic rings. The topological polar surface area (TPSA) is 50.8 Å². The molecule has 2 heterocycles. The number of rotatable bonds is 3. The van der Waals surface area contributed by atoms with Crippen LogP contribution < -0.4 is 0 Å². The van der Waals surface area contributed by atoms with Crippen LogP contribution in [0, 0.1) is 0 Å². The summed E-state index contributed by atoms with van der Waals surface area (Å²) in [6.07, 6.45) is 2.21. The molecule has 1 saturated heterocycles. The van der Waals surface area contributed by atoms with E-state index in [0.717, 1.165) is 37.0 Å². The summed E-state index contributed by atoms with van der Waals surface area (Å²) in [7, 11) is 0. The van der Waals surface area contributed by atoms with Crippen molar-refractivity contribution in [2.24, 2.45) is 0 Å². The molecular weight excluding hydrogens is 210 g/mol. The number of hydrogen-bond acceptors (Lipinski definition) is 4. The van der Waals surface area contributed by atoms with Crippen LogP contribution >= 0.6 is 11.8 Å². The number of nitrogens with zero attached hydrogens (tertiary/aromatic N) is 2. The normalized spacial score (nSPS) is 18.6. The minimum Gasteiger partial charge on any atom is -0.381 e. The van der Waals surface area contributed by atoms with Gasteiger partial charge in [0, 0.05) is 24.4 Å². The Morgan fingerprint density at radius 1 is 1.40 bits per heavy atom. The second kappa shape index (κ2) is 4.99. The molecule has 1 aliphatic rings. The Labute approximate surface area is 94.2 Å². The molecule has 1 aromatic heterocycles. The van der Waals surface area contributed by atoms with Gasteiger partial charge in [-0.05, 0) is 12.8 Å². The highest BCUT2D eigenvalue weighted by Gasteiger charge is 2.17.